The molecule has 3 aromatic rings. The Bertz CT molecular complexity index is 1200. The van der Waals surface area contributed by atoms with Crippen LogP contribution in [0.15, 0.2) is 66.7 Å². The topological polar surface area (TPSA) is 122 Å². The third-order valence-corrected chi connectivity index (χ3v) is 4.30. The normalized spacial score (nSPS) is 9.35. The van der Waals surface area contributed by atoms with Gasteiger partial charge in [-0.2, -0.15) is 0 Å². The maximum atomic E-state index is 12.3. The summed E-state index contributed by atoms with van der Waals surface area (Å²) in [6, 6.07) is 15.7. The summed E-state index contributed by atoms with van der Waals surface area (Å²) < 4.78 is 0. The van der Waals surface area contributed by atoms with Crippen LogP contribution in [0.4, 0.5) is 32.3 Å². The van der Waals surface area contributed by atoms with Gasteiger partial charge in [-0.05, 0) is 66.7 Å². The van der Waals surface area contributed by atoms with Gasteiger partial charge in [0.15, 0.2) is 0 Å². The Balaban J connectivity index is 0.00000408. The van der Waals surface area contributed by atoms with Gasteiger partial charge in [-0.3, -0.25) is 0 Å². The first-order valence-electron chi connectivity index (χ1n) is 9.52. The van der Waals surface area contributed by atoms with E-state index in [2.05, 4.69) is 33.1 Å². The number of hydrogen-bond acceptors (Lipinski definition) is 4. The summed E-state index contributed by atoms with van der Waals surface area (Å²) in [5, 5.41) is 21.6. The zero-order valence-electron chi connectivity index (χ0n) is 18.1. The van der Waals surface area contributed by atoms with E-state index in [4.69, 9.17) is 12.8 Å². The van der Waals surface area contributed by atoms with E-state index in [1.165, 1.54) is 18.2 Å². The van der Waals surface area contributed by atoms with Gasteiger partial charge < -0.3 is 31.2 Å². The molecular weight excluding hydrogens is 459 g/mol. The van der Waals surface area contributed by atoms with E-state index in [0.717, 1.165) is 0 Å². The zero-order chi connectivity index (χ0) is 23.8. The number of carboxylic acid groups (broad SMARTS) is 1. The first-order chi connectivity index (χ1) is 15.9. The van der Waals surface area contributed by atoms with E-state index in [9.17, 15) is 19.5 Å². The number of anilines is 4. The van der Waals surface area contributed by atoms with Gasteiger partial charge in [0.2, 0.25) is 0 Å². The van der Waals surface area contributed by atoms with Gasteiger partial charge >= 0.3 is 63.4 Å². The van der Waals surface area contributed by atoms with Crippen LogP contribution in [-0.4, -0.2) is 18.0 Å². The van der Waals surface area contributed by atoms with E-state index in [-0.39, 0.29) is 68.3 Å². The number of hydrogen-bond donors (Lipinski definition) is 4. The predicted molar refractivity (Wildman–Crippen MR) is 125 cm³/mol. The Morgan fingerprint density at radius 1 is 0.618 bits per heavy atom. The van der Waals surface area contributed by atoms with E-state index in [0.29, 0.717) is 22.5 Å². The number of carboxylic acids is 1. The van der Waals surface area contributed by atoms with Gasteiger partial charge in [0, 0.05) is 39.4 Å². The van der Waals surface area contributed by atoms with E-state index < -0.39 is 18.0 Å². The molecule has 0 atom stereocenters. The third-order valence-electron chi connectivity index (χ3n) is 4.30. The van der Waals surface area contributed by atoms with Crippen molar-refractivity contribution < 1.29 is 70.9 Å². The SMILES string of the molecule is C#Cc1ccc(NC(=O)Nc2cc(NC(=O)Nc3ccc(C#C)cc3)cc(C(=O)[O-])c2)cc1.[K+]. The summed E-state index contributed by atoms with van der Waals surface area (Å²) in [6.07, 6.45) is 10.6. The van der Waals surface area contributed by atoms with Crippen molar-refractivity contribution in [2.24, 2.45) is 0 Å². The minimum absolute atomic E-state index is 0. The molecule has 0 spiro atoms. The van der Waals surface area contributed by atoms with E-state index >= 15 is 0 Å². The average molecular weight is 477 g/mol. The summed E-state index contributed by atoms with van der Waals surface area (Å²) in [6.45, 7) is 0. The second-order valence-electron chi connectivity index (χ2n) is 6.69. The monoisotopic (exact) mass is 476 g/mol. The molecule has 4 amide bonds. The Labute approximate surface area is 238 Å². The largest absolute Gasteiger partial charge is 1.00 e. The molecule has 34 heavy (non-hydrogen) atoms. The van der Waals surface area contributed by atoms with Crippen LogP contribution in [0.5, 0.6) is 0 Å². The van der Waals surface area contributed by atoms with Crippen molar-refractivity contribution in [3.63, 3.8) is 0 Å². The molecule has 0 aromatic heterocycles. The Morgan fingerprint density at radius 3 is 1.29 bits per heavy atom. The average Bonchev–Trinajstić information content (AvgIpc) is 2.79. The molecule has 0 aliphatic carbocycles. The molecule has 9 heteroatoms. The molecule has 0 unspecified atom stereocenters. The summed E-state index contributed by atoms with van der Waals surface area (Å²) in [5.74, 6) is 3.46. The molecular formula is C25H17KN4O4. The van der Waals surface area contributed by atoms with Crippen molar-refractivity contribution >= 4 is 40.8 Å². The molecule has 3 aromatic carbocycles. The fraction of sp³-hybridized carbons (Fsp3) is 0. The standard InChI is InChI=1S/C25H18N4O4.K/c1-3-16-5-9-19(10-6-16)26-24(32)28-21-13-18(23(30)31)14-22(15-21)29-25(33)27-20-11-7-17(4-2)8-12-20;/h1-2,5-15H,(H,30,31)(H2,26,28,32)(H2,27,29,33);/q;+1/p-1. The molecule has 0 aliphatic rings. The van der Waals surface area contributed by atoms with Crippen molar-refractivity contribution in [3.05, 3.63) is 83.4 Å². The molecule has 4 N–H and O–H groups in total. The first-order valence-corrected chi connectivity index (χ1v) is 9.52. The van der Waals surface area contributed by atoms with E-state index in [1.54, 1.807) is 48.5 Å². The molecule has 3 rings (SSSR count). The van der Waals surface area contributed by atoms with Crippen LogP contribution >= 0.6 is 0 Å². The number of amides is 4. The quantitative estimate of drug-likeness (QED) is 0.313. The molecule has 0 fully saturated rings. The minimum atomic E-state index is -1.47. The van der Waals surface area contributed by atoms with Crippen molar-refractivity contribution in [2.45, 2.75) is 0 Å². The van der Waals surface area contributed by atoms with Crippen molar-refractivity contribution in [1.29, 1.82) is 0 Å². The number of urea groups is 2. The van der Waals surface area contributed by atoms with Gasteiger partial charge in [-0.1, -0.05) is 11.8 Å². The molecule has 8 nitrogen and oxygen atoms in total. The van der Waals surface area contributed by atoms with Gasteiger partial charge in [-0.15, -0.1) is 12.8 Å². The Morgan fingerprint density at radius 2 is 0.971 bits per heavy atom. The van der Waals surface area contributed by atoms with Gasteiger partial charge in [0.05, 0.1) is 5.97 Å². The number of carbonyl (C=O) groups is 3. The zero-order valence-corrected chi connectivity index (χ0v) is 21.3. The maximum absolute atomic E-state index is 12.3. The molecule has 0 bridgehead atoms. The number of benzene rings is 3. The smallest absolute Gasteiger partial charge is 0.545 e. The van der Waals surface area contributed by atoms with Crippen LogP contribution in [0, 0.1) is 24.7 Å². The van der Waals surface area contributed by atoms with Crippen LogP contribution in [0.25, 0.3) is 0 Å². The Kier molecular flexibility index (Phi) is 9.89. The van der Waals surface area contributed by atoms with Crippen molar-refractivity contribution in [1.82, 2.24) is 0 Å². The number of aromatic carboxylic acids is 1. The van der Waals surface area contributed by atoms with Gasteiger partial charge in [-0.25, -0.2) is 9.59 Å². The third kappa shape index (κ3) is 7.78. The molecule has 0 heterocycles. The minimum Gasteiger partial charge on any atom is -0.545 e. The fourth-order valence-corrected chi connectivity index (χ4v) is 2.78. The molecule has 0 saturated heterocycles. The number of nitrogens with one attached hydrogen (secondary N) is 4. The molecule has 162 valence electrons. The molecule has 0 saturated carbocycles. The maximum Gasteiger partial charge on any atom is 1.00 e. The van der Waals surface area contributed by atoms with Crippen LogP contribution < -0.4 is 77.8 Å². The predicted octanol–water partition coefficient (Wildman–Crippen LogP) is 0.305. The number of terminal acetylenes is 2. The summed E-state index contributed by atoms with van der Waals surface area (Å²) in [4.78, 5) is 36.0. The second kappa shape index (κ2) is 12.6. The summed E-state index contributed by atoms with van der Waals surface area (Å²) in [5.41, 5.74) is 2.30. The van der Waals surface area contributed by atoms with Crippen LogP contribution in [0.3, 0.4) is 0 Å². The molecule has 0 radical (unpaired) electrons. The van der Waals surface area contributed by atoms with Gasteiger partial charge in [0.25, 0.3) is 0 Å². The summed E-state index contributed by atoms with van der Waals surface area (Å²) in [7, 11) is 0. The Hall–Kier alpha value is -3.57. The summed E-state index contributed by atoms with van der Waals surface area (Å²) >= 11 is 0. The van der Waals surface area contributed by atoms with Gasteiger partial charge in [0.1, 0.15) is 0 Å². The van der Waals surface area contributed by atoms with Crippen LogP contribution in [0.2, 0.25) is 0 Å². The van der Waals surface area contributed by atoms with Crippen molar-refractivity contribution in [3.8, 4) is 24.7 Å². The number of carbonyl (C=O) groups excluding carboxylic acids is 3. The van der Waals surface area contributed by atoms with Crippen LogP contribution in [0.1, 0.15) is 21.5 Å². The molecule has 0 aliphatic heterocycles. The second-order valence-corrected chi connectivity index (χ2v) is 6.69. The van der Waals surface area contributed by atoms with Crippen molar-refractivity contribution in [2.75, 3.05) is 21.3 Å². The number of rotatable bonds is 5. The first kappa shape index (κ1) is 26.7. The van der Waals surface area contributed by atoms with E-state index in [1.807, 2.05) is 0 Å². The fourth-order valence-electron chi connectivity index (χ4n) is 2.78. The van der Waals surface area contributed by atoms with Crippen LogP contribution in [-0.2, 0) is 0 Å².